The van der Waals surface area contributed by atoms with Gasteiger partial charge in [-0.1, -0.05) is 31.3 Å². The normalized spacial score (nSPS) is 19.7. The zero-order valence-electron chi connectivity index (χ0n) is 23.3. The summed E-state index contributed by atoms with van der Waals surface area (Å²) in [5.74, 6) is 0.462. The van der Waals surface area contributed by atoms with Gasteiger partial charge in [0.05, 0.1) is 24.8 Å². The van der Waals surface area contributed by atoms with Crippen LogP contribution in [0.5, 0.6) is 17.2 Å². The minimum atomic E-state index is -0.945. The van der Waals surface area contributed by atoms with E-state index in [1.807, 2.05) is 19.9 Å². The first kappa shape index (κ1) is 27.6. The number of ether oxygens (including phenoxy) is 3. The number of aryl methyl sites for hydroxylation is 1. The van der Waals surface area contributed by atoms with E-state index < -0.39 is 17.7 Å². The molecule has 9 nitrogen and oxygen atoms in total. The molecule has 3 heterocycles. The highest BCUT2D eigenvalue weighted by Crippen LogP contribution is 2.45. The van der Waals surface area contributed by atoms with Gasteiger partial charge in [-0.25, -0.2) is 0 Å². The van der Waals surface area contributed by atoms with Crippen LogP contribution >= 0.6 is 11.3 Å². The van der Waals surface area contributed by atoms with Crippen molar-refractivity contribution in [1.29, 1.82) is 0 Å². The summed E-state index contributed by atoms with van der Waals surface area (Å²) in [4.78, 5) is 28.3. The summed E-state index contributed by atoms with van der Waals surface area (Å²) in [6, 6.07) is 9.67. The van der Waals surface area contributed by atoms with Gasteiger partial charge in [0, 0.05) is 12.0 Å². The summed E-state index contributed by atoms with van der Waals surface area (Å²) in [5, 5.41) is 20.7. The molecule has 1 aromatic heterocycles. The number of hydrogen-bond acceptors (Lipinski definition) is 9. The first-order valence-corrected chi connectivity index (χ1v) is 14.3. The second-order valence-corrected chi connectivity index (χ2v) is 11.6. The predicted octanol–water partition coefficient (Wildman–Crippen LogP) is 5.62. The number of nitrogens with zero attached hydrogens (tertiary/aromatic N) is 3. The third kappa shape index (κ3) is 5.28. The maximum Gasteiger partial charge on any atom is 0.301 e. The van der Waals surface area contributed by atoms with Crippen LogP contribution in [0.1, 0.15) is 61.9 Å². The smallest absolute Gasteiger partial charge is 0.301 e. The number of Topliss-reactive ketones (excluding diaryl/α,β-unsaturated/α-hetero) is 1. The van der Waals surface area contributed by atoms with E-state index in [2.05, 4.69) is 24.0 Å². The van der Waals surface area contributed by atoms with E-state index in [0.29, 0.717) is 53.2 Å². The highest BCUT2D eigenvalue weighted by atomic mass is 32.1. The van der Waals surface area contributed by atoms with Crippen LogP contribution < -0.4 is 19.1 Å². The molecule has 2 aliphatic rings. The summed E-state index contributed by atoms with van der Waals surface area (Å²) in [5.41, 5.74) is 1.92. The number of carbonyl (C=O) groups is 2. The van der Waals surface area contributed by atoms with Gasteiger partial charge in [0.1, 0.15) is 22.6 Å². The maximum atomic E-state index is 13.5. The molecule has 0 radical (unpaired) electrons. The number of anilines is 1. The molecular formula is C30H33N3O6S. The van der Waals surface area contributed by atoms with E-state index in [0.717, 1.165) is 17.7 Å². The number of aliphatic hydroxyl groups excluding tert-OH is 1. The SMILES string of the molecule is CCOc1cc([C@H]2C(=C(O)c3ccc4c(c3)C[C@@H](C)O4)C(=O)C(=O)N2c2nnc(C)s2)ccc1OCCC(C)C. The van der Waals surface area contributed by atoms with Gasteiger partial charge in [0.25, 0.3) is 5.78 Å². The van der Waals surface area contributed by atoms with Gasteiger partial charge in [-0.3, -0.25) is 14.5 Å². The molecule has 0 unspecified atom stereocenters. The van der Waals surface area contributed by atoms with Crippen molar-refractivity contribution >= 4 is 33.9 Å². The first-order valence-electron chi connectivity index (χ1n) is 13.5. The van der Waals surface area contributed by atoms with Crippen LogP contribution in [0.25, 0.3) is 5.76 Å². The molecule has 210 valence electrons. The number of aliphatic hydroxyl groups is 1. The molecule has 40 heavy (non-hydrogen) atoms. The van der Waals surface area contributed by atoms with Crippen LogP contribution in [-0.2, 0) is 16.0 Å². The van der Waals surface area contributed by atoms with Gasteiger partial charge >= 0.3 is 5.91 Å². The van der Waals surface area contributed by atoms with E-state index in [-0.39, 0.29) is 22.6 Å². The number of aromatic nitrogens is 2. The van der Waals surface area contributed by atoms with Crippen LogP contribution in [0, 0.1) is 12.8 Å². The summed E-state index contributed by atoms with van der Waals surface area (Å²) >= 11 is 1.20. The largest absolute Gasteiger partial charge is 0.507 e. The lowest BCUT2D eigenvalue weighted by molar-refractivity contribution is -0.132. The minimum Gasteiger partial charge on any atom is -0.507 e. The molecule has 2 atom stereocenters. The van der Waals surface area contributed by atoms with Crippen LogP contribution in [0.3, 0.4) is 0 Å². The number of hydrogen-bond donors (Lipinski definition) is 1. The molecule has 2 aromatic carbocycles. The Kier molecular flexibility index (Phi) is 7.80. The van der Waals surface area contributed by atoms with Crippen molar-refractivity contribution in [2.24, 2.45) is 5.92 Å². The topological polar surface area (TPSA) is 111 Å². The quantitative estimate of drug-likeness (QED) is 0.203. The third-order valence-corrected chi connectivity index (χ3v) is 7.71. The Bertz CT molecular complexity index is 1480. The van der Waals surface area contributed by atoms with Crippen molar-refractivity contribution in [3.63, 3.8) is 0 Å². The third-order valence-electron chi connectivity index (χ3n) is 6.87. The van der Waals surface area contributed by atoms with Gasteiger partial charge in [-0.05, 0) is 74.6 Å². The summed E-state index contributed by atoms with van der Waals surface area (Å²) in [6.45, 7) is 10.8. The van der Waals surface area contributed by atoms with Crippen molar-refractivity contribution in [1.82, 2.24) is 10.2 Å². The summed E-state index contributed by atoms with van der Waals surface area (Å²) in [7, 11) is 0. The predicted molar refractivity (Wildman–Crippen MR) is 152 cm³/mol. The Balaban J connectivity index is 1.63. The first-order chi connectivity index (χ1) is 19.2. The van der Waals surface area contributed by atoms with Crippen LogP contribution in [-0.4, -0.2) is 46.3 Å². The molecule has 1 N–H and O–H groups in total. The van der Waals surface area contributed by atoms with E-state index in [1.165, 1.54) is 16.2 Å². The lowest BCUT2D eigenvalue weighted by atomic mass is 9.94. The Morgan fingerprint density at radius 3 is 2.65 bits per heavy atom. The van der Waals surface area contributed by atoms with Crippen LogP contribution in [0.4, 0.5) is 5.13 Å². The fourth-order valence-corrected chi connectivity index (χ4v) is 5.65. The highest BCUT2D eigenvalue weighted by Gasteiger charge is 2.48. The molecule has 0 spiro atoms. The van der Waals surface area contributed by atoms with Gasteiger partial charge in [-0.2, -0.15) is 0 Å². The summed E-state index contributed by atoms with van der Waals surface area (Å²) in [6.07, 6.45) is 1.60. The van der Waals surface area contributed by atoms with Crippen molar-refractivity contribution in [3.8, 4) is 17.2 Å². The molecule has 3 aromatic rings. The average Bonchev–Trinajstić information content (AvgIpc) is 3.58. The molecular weight excluding hydrogens is 530 g/mol. The number of benzene rings is 2. The van der Waals surface area contributed by atoms with E-state index >= 15 is 0 Å². The molecule has 0 saturated carbocycles. The minimum absolute atomic E-state index is 0.0249. The van der Waals surface area contributed by atoms with Crippen molar-refractivity contribution < 1.29 is 28.9 Å². The monoisotopic (exact) mass is 563 g/mol. The standard InChI is InChI=1S/C30H33N3O6S/c1-6-37-24-15-19(7-10-23(24)38-12-11-16(2)3)26-25(28(35)29(36)33(26)30-32-31-18(5)40-30)27(34)20-8-9-22-21(14-20)13-17(4)39-22/h7-10,14-17,26,34H,6,11-13H2,1-5H3/t17-,26+/m1/s1. The zero-order chi connectivity index (χ0) is 28.6. The number of ketones is 1. The zero-order valence-corrected chi connectivity index (χ0v) is 24.1. The Hall–Kier alpha value is -3.92. The molecule has 1 amide bonds. The maximum absolute atomic E-state index is 13.5. The molecule has 0 aliphatic carbocycles. The Morgan fingerprint density at radius 2 is 1.95 bits per heavy atom. The van der Waals surface area contributed by atoms with Gasteiger partial charge in [-0.15, -0.1) is 10.2 Å². The van der Waals surface area contributed by atoms with Crippen LogP contribution in [0.15, 0.2) is 42.0 Å². The molecule has 10 heteroatoms. The molecule has 1 fully saturated rings. The second-order valence-electron chi connectivity index (χ2n) is 10.4. The highest BCUT2D eigenvalue weighted by molar-refractivity contribution is 7.15. The van der Waals surface area contributed by atoms with Gasteiger partial charge in [0.15, 0.2) is 11.5 Å². The number of carbonyl (C=O) groups excluding carboxylic acids is 2. The molecule has 5 rings (SSSR count). The van der Waals surface area contributed by atoms with Crippen molar-refractivity contribution in [2.75, 3.05) is 18.1 Å². The number of rotatable bonds is 9. The van der Waals surface area contributed by atoms with Crippen molar-refractivity contribution in [2.45, 2.75) is 59.6 Å². The van der Waals surface area contributed by atoms with E-state index in [1.54, 1.807) is 37.3 Å². The van der Waals surface area contributed by atoms with Gasteiger partial charge < -0.3 is 19.3 Å². The lowest BCUT2D eigenvalue weighted by Gasteiger charge is -2.24. The number of fused-ring (bicyclic) bond motifs is 1. The fourth-order valence-electron chi connectivity index (χ4n) is 4.94. The lowest BCUT2D eigenvalue weighted by Crippen LogP contribution is -2.29. The molecule has 2 aliphatic heterocycles. The number of amides is 1. The fraction of sp³-hybridized carbons (Fsp3) is 0.400. The molecule has 1 saturated heterocycles. The van der Waals surface area contributed by atoms with E-state index in [4.69, 9.17) is 14.2 Å². The Morgan fingerprint density at radius 1 is 1.15 bits per heavy atom. The van der Waals surface area contributed by atoms with Crippen molar-refractivity contribution in [3.05, 3.63) is 63.7 Å². The van der Waals surface area contributed by atoms with Gasteiger partial charge in [0.2, 0.25) is 5.13 Å². The molecule has 0 bridgehead atoms. The average molecular weight is 564 g/mol. The van der Waals surface area contributed by atoms with Crippen LogP contribution in [0.2, 0.25) is 0 Å². The van der Waals surface area contributed by atoms with E-state index in [9.17, 15) is 14.7 Å². The Labute approximate surface area is 237 Å². The second kappa shape index (κ2) is 11.3. The summed E-state index contributed by atoms with van der Waals surface area (Å²) < 4.78 is 17.7.